The number of hydrogen-bond donors (Lipinski definition) is 3. The Balaban J connectivity index is 2.20. The van der Waals surface area contributed by atoms with Crippen molar-refractivity contribution in [2.45, 2.75) is 32.2 Å². The third kappa shape index (κ3) is 6.54. The predicted molar refractivity (Wildman–Crippen MR) is 72.7 cm³/mol. The molecule has 0 aromatic heterocycles. The van der Waals surface area contributed by atoms with Gasteiger partial charge in [-0.3, -0.25) is 9.59 Å². The van der Waals surface area contributed by atoms with Crippen molar-refractivity contribution < 1.29 is 14.3 Å². The molecule has 1 atom stereocenters. The lowest BCUT2D eigenvalue weighted by molar-refractivity contribution is -0.129. The van der Waals surface area contributed by atoms with Gasteiger partial charge in [0, 0.05) is 20.1 Å². The molecular weight excluding hydrogens is 246 g/mol. The van der Waals surface area contributed by atoms with Gasteiger partial charge < -0.3 is 20.7 Å². The Morgan fingerprint density at radius 2 is 2.05 bits per heavy atom. The minimum Gasteiger partial charge on any atom is -0.383 e. The first-order chi connectivity index (χ1) is 9.13. The highest BCUT2D eigenvalue weighted by molar-refractivity contribution is 5.87. The van der Waals surface area contributed by atoms with Crippen molar-refractivity contribution in [3.63, 3.8) is 0 Å². The van der Waals surface area contributed by atoms with Crippen molar-refractivity contribution in [2.24, 2.45) is 5.92 Å². The van der Waals surface area contributed by atoms with Gasteiger partial charge in [-0.05, 0) is 38.8 Å². The standard InChI is InChI=1S/C13H25N3O3/c1-10(13(18)15-7-8-19-2)16-12(17)9-11-3-5-14-6-4-11/h10-11,14H,3-9H2,1-2H3,(H,15,18)(H,16,17). The molecular formula is C13H25N3O3. The molecule has 3 N–H and O–H groups in total. The highest BCUT2D eigenvalue weighted by Gasteiger charge is 2.20. The second-order valence-corrected chi connectivity index (χ2v) is 4.97. The average molecular weight is 271 g/mol. The van der Waals surface area contributed by atoms with E-state index in [4.69, 9.17) is 4.74 Å². The fourth-order valence-corrected chi connectivity index (χ4v) is 2.14. The smallest absolute Gasteiger partial charge is 0.242 e. The summed E-state index contributed by atoms with van der Waals surface area (Å²) < 4.78 is 4.85. The molecule has 110 valence electrons. The summed E-state index contributed by atoms with van der Waals surface area (Å²) in [5, 5.41) is 8.71. The van der Waals surface area contributed by atoms with Gasteiger partial charge >= 0.3 is 0 Å². The Bertz CT molecular complexity index is 291. The quantitative estimate of drug-likeness (QED) is 0.553. The molecule has 1 aliphatic heterocycles. The first kappa shape index (κ1) is 15.9. The van der Waals surface area contributed by atoms with E-state index in [9.17, 15) is 9.59 Å². The van der Waals surface area contributed by atoms with Crippen LogP contribution >= 0.6 is 0 Å². The summed E-state index contributed by atoms with van der Waals surface area (Å²) in [7, 11) is 1.58. The van der Waals surface area contributed by atoms with E-state index in [0.29, 0.717) is 25.5 Å². The number of carbonyl (C=O) groups is 2. The number of carbonyl (C=O) groups excluding carboxylic acids is 2. The largest absolute Gasteiger partial charge is 0.383 e. The molecule has 19 heavy (non-hydrogen) atoms. The van der Waals surface area contributed by atoms with Crippen molar-refractivity contribution in [1.82, 2.24) is 16.0 Å². The van der Waals surface area contributed by atoms with Crippen LogP contribution in [0.15, 0.2) is 0 Å². The maximum absolute atomic E-state index is 11.8. The normalized spacial score (nSPS) is 17.8. The molecule has 0 aromatic carbocycles. The molecule has 1 saturated heterocycles. The molecule has 0 aliphatic carbocycles. The monoisotopic (exact) mass is 271 g/mol. The van der Waals surface area contributed by atoms with E-state index in [1.165, 1.54) is 0 Å². The highest BCUT2D eigenvalue weighted by Crippen LogP contribution is 2.15. The van der Waals surface area contributed by atoms with Crippen LogP contribution in [0.4, 0.5) is 0 Å². The van der Waals surface area contributed by atoms with Gasteiger partial charge in [0.25, 0.3) is 0 Å². The summed E-state index contributed by atoms with van der Waals surface area (Å²) >= 11 is 0. The number of ether oxygens (including phenoxy) is 1. The molecule has 6 heteroatoms. The van der Waals surface area contributed by atoms with Crippen LogP contribution in [-0.2, 0) is 14.3 Å². The molecule has 1 fully saturated rings. The molecule has 1 rings (SSSR count). The zero-order valence-corrected chi connectivity index (χ0v) is 11.8. The highest BCUT2D eigenvalue weighted by atomic mass is 16.5. The second-order valence-electron chi connectivity index (χ2n) is 4.97. The Kier molecular flexibility index (Phi) is 7.43. The number of hydrogen-bond acceptors (Lipinski definition) is 4. The lowest BCUT2D eigenvalue weighted by Gasteiger charge is -2.22. The van der Waals surface area contributed by atoms with Crippen molar-refractivity contribution in [3.05, 3.63) is 0 Å². The molecule has 6 nitrogen and oxygen atoms in total. The molecule has 0 radical (unpaired) electrons. The number of amides is 2. The molecule has 0 saturated carbocycles. The van der Waals surface area contributed by atoms with Crippen LogP contribution in [0.1, 0.15) is 26.2 Å². The lowest BCUT2D eigenvalue weighted by Crippen LogP contribution is -2.46. The Hall–Kier alpha value is -1.14. The van der Waals surface area contributed by atoms with Crippen molar-refractivity contribution in [2.75, 3.05) is 33.4 Å². The molecule has 0 spiro atoms. The van der Waals surface area contributed by atoms with E-state index in [1.54, 1.807) is 14.0 Å². The molecule has 0 bridgehead atoms. The Morgan fingerprint density at radius 3 is 2.68 bits per heavy atom. The summed E-state index contributed by atoms with van der Waals surface area (Å²) in [6.07, 6.45) is 2.57. The van der Waals surface area contributed by atoms with Gasteiger partial charge in [0.15, 0.2) is 0 Å². The topological polar surface area (TPSA) is 79.5 Å². The maximum atomic E-state index is 11.8. The van der Waals surface area contributed by atoms with Gasteiger partial charge in [-0.2, -0.15) is 0 Å². The van der Waals surface area contributed by atoms with Crippen LogP contribution in [0.25, 0.3) is 0 Å². The number of rotatable bonds is 7. The number of methoxy groups -OCH3 is 1. The van der Waals surface area contributed by atoms with Gasteiger partial charge in [-0.1, -0.05) is 0 Å². The van der Waals surface area contributed by atoms with Gasteiger partial charge in [0.1, 0.15) is 6.04 Å². The zero-order chi connectivity index (χ0) is 14.1. The van der Waals surface area contributed by atoms with Crippen LogP contribution in [0.2, 0.25) is 0 Å². The van der Waals surface area contributed by atoms with Gasteiger partial charge in [0.2, 0.25) is 11.8 Å². The summed E-state index contributed by atoms with van der Waals surface area (Å²) in [6, 6.07) is -0.494. The van der Waals surface area contributed by atoms with Crippen LogP contribution in [0, 0.1) is 5.92 Å². The van der Waals surface area contributed by atoms with Gasteiger partial charge in [-0.25, -0.2) is 0 Å². The maximum Gasteiger partial charge on any atom is 0.242 e. The Labute approximate surface area is 114 Å². The van der Waals surface area contributed by atoms with Crippen molar-refractivity contribution in [3.8, 4) is 0 Å². The van der Waals surface area contributed by atoms with Crippen molar-refractivity contribution >= 4 is 11.8 Å². The molecule has 2 amide bonds. The van der Waals surface area contributed by atoms with Crippen molar-refractivity contribution in [1.29, 1.82) is 0 Å². The first-order valence-corrected chi connectivity index (χ1v) is 6.90. The van der Waals surface area contributed by atoms with Crippen LogP contribution in [-0.4, -0.2) is 51.2 Å². The van der Waals surface area contributed by atoms with Crippen LogP contribution in [0.3, 0.4) is 0 Å². The summed E-state index contributed by atoms with van der Waals surface area (Å²) in [4.78, 5) is 23.5. The zero-order valence-electron chi connectivity index (χ0n) is 11.8. The van der Waals surface area contributed by atoms with Gasteiger partial charge in [-0.15, -0.1) is 0 Å². The van der Waals surface area contributed by atoms with E-state index in [0.717, 1.165) is 25.9 Å². The summed E-state index contributed by atoms with van der Waals surface area (Å²) in [6.45, 7) is 4.59. The molecule has 1 heterocycles. The minimum absolute atomic E-state index is 0.0405. The molecule has 1 aliphatic rings. The fourth-order valence-electron chi connectivity index (χ4n) is 2.14. The predicted octanol–water partition coefficient (Wildman–Crippen LogP) is -0.357. The van der Waals surface area contributed by atoms with E-state index >= 15 is 0 Å². The number of piperidine rings is 1. The number of nitrogens with one attached hydrogen (secondary N) is 3. The second kappa shape index (κ2) is 8.87. The SMILES string of the molecule is COCCNC(=O)C(C)NC(=O)CC1CCNCC1. The van der Waals surface area contributed by atoms with E-state index < -0.39 is 6.04 Å². The third-order valence-corrected chi connectivity index (χ3v) is 3.31. The van der Waals surface area contributed by atoms with E-state index in [1.807, 2.05) is 0 Å². The molecule has 0 aromatic rings. The van der Waals surface area contributed by atoms with Gasteiger partial charge in [0.05, 0.1) is 6.61 Å². The summed E-state index contributed by atoms with van der Waals surface area (Å²) in [5.41, 5.74) is 0. The van der Waals surface area contributed by atoms with E-state index in [-0.39, 0.29) is 11.8 Å². The lowest BCUT2D eigenvalue weighted by atomic mass is 9.94. The van der Waals surface area contributed by atoms with Crippen LogP contribution < -0.4 is 16.0 Å². The molecule has 1 unspecified atom stereocenters. The fraction of sp³-hybridized carbons (Fsp3) is 0.846. The first-order valence-electron chi connectivity index (χ1n) is 6.90. The average Bonchev–Trinajstić information content (AvgIpc) is 2.39. The Morgan fingerprint density at radius 1 is 1.37 bits per heavy atom. The van der Waals surface area contributed by atoms with E-state index in [2.05, 4.69) is 16.0 Å². The third-order valence-electron chi connectivity index (χ3n) is 3.31. The minimum atomic E-state index is -0.494. The summed E-state index contributed by atoms with van der Waals surface area (Å²) in [5.74, 6) is 0.224. The van der Waals surface area contributed by atoms with Crippen LogP contribution in [0.5, 0.6) is 0 Å².